The summed E-state index contributed by atoms with van der Waals surface area (Å²) >= 11 is 0. The Balaban J connectivity index is 1.26. The van der Waals surface area contributed by atoms with Crippen molar-refractivity contribution in [2.75, 3.05) is 13.1 Å². The first-order valence-electron chi connectivity index (χ1n) is 27.5. The summed E-state index contributed by atoms with van der Waals surface area (Å²) in [7, 11) is 0. The number of carbonyl (C=O) groups is 12. The Kier molecular flexibility index (Phi) is 24.0. The molecule has 2 aliphatic heterocycles. The van der Waals surface area contributed by atoms with Gasteiger partial charge in [0.1, 0.15) is 48.3 Å². The zero-order valence-electron chi connectivity index (χ0n) is 46.0. The predicted octanol–water partition coefficient (Wildman–Crippen LogP) is -2.09. The van der Waals surface area contributed by atoms with E-state index >= 15 is 0 Å². The number of primary amides is 2. The molecule has 2 saturated heterocycles. The third-order valence-corrected chi connectivity index (χ3v) is 14.2. The Morgan fingerprint density at radius 2 is 0.988 bits per heavy atom. The van der Waals surface area contributed by atoms with Gasteiger partial charge in [-0.05, 0) is 61.8 Å². The normalized spacial score (nSPS) is 17.1. The van der Waals surface area contributed by atoms with Gasteiger partial charge in [0, 0.05) is 57.0 Å². The van der Waals surface area contributed by atoms with E-state index in [9.17, 15) is 67.7 Å². The zero-order chi connectivity index (χ0) is 60.7. The summed E-state index contributed by atoms with van der Waals surface area (Å²) in [5, 5.41) is 40.6. The topological polar surface area (TPSA) is 425 Å². The second kappa shape index (κ2) is 31.6. The fraction of sp³-hybridized carbons (Fsp3) is 0.421. The van der Waals surface area contributed by atoms with Crippen molar-refractivity contribution < 1.29 is 67.7 Å². The highest BCUT2D eigenvalue weighted by molar-refractivity contribution is 5.99. The van der Waals surface area contributed by atoms with Gasteiger partial charge in [-0.15, -0.1) is 0 Å². The molecule has 1 aromatic heterocycles. The van der Waals surface area contributed by atoms with Crippen LogP contribution in [-0.4, -0.2) is 164 Å². The molecule has 27 nitrogen and oxygen atoms in total. The van der Waals surface area contributed by atoms with Gasteiger partial charge in [0.25, 0.3) is 0 Å². The lowest BCUT2D eigenvalue weighted by Crippen LogP contribution is -2.61. The van der Waals surface area contributed by atoms with Gasteiger partial charge in [0.2, 0.25) is 59.1 Å². The first-order chi connectivity index (χ1) is 40.2. The van der Waals surface area contributed by atoms with E-state index in [0.717, 1.165) is 4.90 Å². The number of carbonyl (C=O) groups excluding carboxylic acids is 10. The quantitative estimate of drug-likeness (QED) is 0.0249. The van der Waals surface area contributed by atoms with Crippen molar-refractivity contribution in [3.05, 3.63) is 126 Å². The number of carboxylic acid groups (broad SMARTS) is 2. The zero-order valence-corrected chi connectivity index (χ0v) is 46.0. The predicted molar refractivity (Wildman–Crippen MR) is 299 cm³/mol. The number of nitrogens with one attached hydrogen (secondary N) is 9. The summed E-state index contributed by atoms with van der Waals surface area (Å²) in [5.41, 5.74) is 13.0. The second-order valence-electron chi connectivity index (χ2n) is 20.6. The fourth-order valence-corrected chi connectivity index (χ4v) is 9.80. The molecule has 0 bridgehead atoms. The Morgan fingerprint density at radius 3 is 1.42 bits per heavy atom. The number of aliphatic carboxylic acids is 2. The highest BCUT2D eigenvalue weighted by Gasteiger charge is 2.40. The average Bonchev–Trinajstić information content (AvgIpc) is 4.46. The minimum absolute atomic E-state index is 0.0540. The first-order valence-corrected chi connectivity index (χ1v) is 27.5. The van der Waals surface area contributed by atoms with Gasteiger partial charge in [-0.1, -0.05) is 91.0 Å². The van der Waals surface area contributed by atoms with Gasteiger partial charge in [0.05, 0.1) is 18.8 Å². The molecular weight excluding hydrogens is 1090 g/mol. The molecule has 15 N–H and O–H groups in total. The summed E-state index contributed by atoms with van der Waals surface area (Å²) in [6.07, 6.45) is 1.18. The maximum absolute atomic E-state index is 14.7. The summed E-state index contributed by atoms with van der Waals surface area (Å²) in [5.74, 6) is -11.5. The average molecular weight is 1160 g/mol. The number of nitrogens with two attached hydrogens (primary N) is 2. The molecule has 0 radical (unpaired) electrons. The molecule has 10 amide bonds. The lowest BCUT2D eigenvalue weighted by Gasteiger charge is -2.29. The van der Waals surface area contributed by atoms with Crippen molar-refractivity contribution in [1.82, 2.24) is 57.4 Å². The minimum atomic E-state index is -1.81. The van der Waals surface area contributed by atoms with Crippen LogP contribution in [0, 0.1) is 0 Å². The summed E-state index contributed by atoms with van der Waals surface area (Å²) in [6.45, 7) is 0.619. The number of hydrogen-bond acceptors (Lipinski definition) is 14. The largest absolute Gasteiger partial charge is 0.481 e. The number of rotatable bonds is 32. The molecule has 4 aromatic rings. The minimum Gasteiger partial charge on any atom is -0.481 e. The first kappa shape index (κ1) is 63.6. The Hall–Kier alpha value is -9.53. The Labute approximate surface area is 483 Å². The van der Waals surface area contributed by atoms with E-state index in [2.05, 4.69) is 52.5 Å². The molecule has 3 aromatic carbocycles. The number of hydrogen-bond donors (Lipinski definition) is 13. The molecule has 0 spiro atoms. The molecule has 3 heterocycles. The van der Waals surface area contributed by atoms with Crippen molar-refractivity contribution in [3.8, 4) is 0 Å². The van der Waals surface area contributed by atoms with Crippen LogP contribution in [0.3, 0.4) is 0 Å². The molecule has 0 aliphatic carbocycles. The third kappa shape index (κ3) is 19.9. The van der Waals surface area contributed by atoms with Crippen LogP contribution in [0.2, 0.25) is 0 Å². The lowest BCUT2D eigenvalue weighted by atomic mass is 10.0. The SMILES string of the molecule is NC(=O)CC[C@H](NC(=O)[C@H](Cc1ccccc1)NC(=O)[C@H](CC(N)=O)NC(=O)[C@H](Cc1ccccc1)NC(=O)[C@H](Cc1cnc[nH]1)NC(=O)[C@H](Cc1ccccc1)NC(=O)[C@H](CCC(=O)O)NC(=O)[C@@H]1CCCN1)C(=O)N1CCC[C@H]1C(=O)O. The molecule has 27 heteroatoms. The van der Waals surface area contributed by atoms with Crippen LogP contribution < -0.4 is 54.0 Å². The maximum atomic E-state index is 14.7. The molecular formula is C57H71N13O14. The van der Waals surface area contributed by atoms with E-state index in [1.807, 2.05) is 0 Å². The van der Waals surface area contributed by atoms with Crippen LogP contribution in [0.1, 0.15) is 80.2 Å². The fourth-order valence-electron chi connectivity index (χ4n) is 9.80. The van der Waals surface area contributed by atoms with Gasteiger partial charge < -0.3 is 74.1 Å². The molecule has 2 fully saturated rings. The van der Waals surface area contributed by atoms with E-state index in [1.165, 1.54) is 12.5 Å². The number of nitrogens with zero attached hydrogens (tertiary/aromatic N) is 2. The maximum Gasteiger partial charge on any atom is 0.326 e. The highest BCUT2D eigenvalue weighted by Crippen LogP contribution is 2.20. The van der Waals surface area contributed by atoms with Crippen LogP contribution in [0.5, 0.6) is 0 Å². The van der Waals surface area contributed by atoms with Gasteiger partial charge in [-0.2, -0.15) is 0 Å². The third-order valence-electron chi connectivity index (χ3n) is 14.2. The number of likely N-dealkylation sites (tertiary alicyclic amines) is 1. The molecule has 84 heavy (non-hydrogen) atoms. The van der Waals surface area contributed by atoms with Crippen molar-refractivity contribution >= 4 is 71.0 Å². The number of imidazole rings is 1. The highest BCUT2D eigenvalue weighted by atomic mass is 16.4. The van der Waals surface area contributed by atoms with Crippen LogP contribution >= 0.6 is 0 Å². The Morgan fingerprint density at radius 1 is 0.536 bits per heavy atom. The Bertz CT molecular complexity index is 2950. The number of amides is 10. The number of aromatic nitrogens is 2. The van der Waals surface area contributed by atoms with Crippen LogP contribution in [0.25, 0.3) is 0 Å². The number of aromatic amines is 1. The standard InChI is InChI=1S/C57H71N13O14/c58-46(71)22-20-39(56(82)70-25-11-19-45(70)57(83)84)64-51(77)40(26-33-12-4-1-5-13-33)67-55(81)44(30-47(59)72)69-53(79)42(28-35-16-8-3-9-17-35)66-54(80)43(29-36-31-60-32-62-36)68-52(78)41(27-34-14-6-2-7-15-34)65-50(76)38(21-23-48(73)74)63-49(75)37-18-10-24-61-37/h1-9,12-17,31-32,37-45,61H,10-11,18-30H2,(H2,58,71)(H2,59,72)(H,60,62)(H,63,75)(H,64,77)(H,65,76)(H,66,80)(H,67,81)(H,68,78)(H,69,79)(H,73,74)(H,83,84)/t37-,38-,39-,40-,41-,42-,43-,44-,45-/m0/s1. The summed E-state index contributed by atoms with van der Waals surface area (Å²) in [4.78, 5) is 170. The second-order valence-corrected chi connectivity index (χ2v) is 20.6. The molecule has 448 valence electrons. The van der Waals surface area contributed by atoms with E-state index in [0.29, 0.717) is 48.2 Å². The van der Waals surface area contributed by atoms with Crippen LogP contribution in [0.4, 0.5) is 0 Å². The smallest absolute Gasteiger partial charge is 0.326 e. The van der Waals surface area contributed by atoms with Crippen LogP contribution in [-0.2, 0) is 83.2 Å². The monoisotopic (exact) mass is 1160 g/mol. The lowest BCUT2D eigenvalue weighted by molar-refractivity contribution is -0.149. The van der Waals surface area contributed by atoms with Crippen molar-refractivity contribution in [2.24, 2.45) is 11.5 Å². The molecule has 9 atom stereocenters. The molecule has 6 rings (SSSR count). The van der Waals surface area contributed by atoms with Gasteiger partial charge in [0.15, 0.2) is 0 Å². The molecule has 0 unspecified atom stereocenters. The van der Waals surface area contributed by atoms with Crippen molar-refractivity contribution in [3.63, 3.8) is 0 Å². The van der Waals surface area contributed by atoms with E-state index in [4.69, 9.17) is 11.5 Å². The number of benzene rings is 3. The summed E-state index contributed by atoms with van der Waals surface area (Å²) < 4.78 is 0. The number of carboxylic acids is 2. The van der Waals surface area contributed by atoms with E-state index in [1.54, 1.807) is 91.0 Å². The van der Waals surface area contributed by atoms with E-state index in [-0.39, 0.29) is 57.9 Å². The van der Waals surface area contributed by atoms with E-state index < -0.39 is 138 Å². The van der Waals surface area contributed by atoms with Gasteiger partial charge in [-0.25, -0.2) is 9.78 Å². The molecule has 2 aliphatic rings. The molecule has 0 saturated carbocycles. The van der Waals surface area contributed by atoms with Gasteiger partial charge in [-0.3, -0.25) is 52.7 Å². The summed E-state index contributed by atoms with van der Waals surface area (Å²) in [6, 6.07) is 12.6. The van der Waals surface area contributed by atoms with Crippen molar-refractivity contribution in [2.45, 2.75) is 138 Å². The van der Waals surface area contributed by atoms with Crippen molar-refractivity contribution in [1.29, 1.82) is 0 Å². The number of H-pyrrole nitrogens is 1. The van der Waals surface area contributed by atoms with Crippen LogP contribution in [0.15, 0.2) is 104 Å². The van der Waals surface area contributed by atoms with Gasteiger partial charge >= 0.3 is 11.9 Å².